The minimum atomic E-state index is -4.27. The van der Waals surface area contributed by atoms with Crippen molar-refractivity contribution in [3.8, 4) is 0 Å². The molecular formula is C5H10F3NO. The normalized spacial score (nSPS) is 15.3. The highest BCUT2D eigenvalue weighted by Gasteiger charge is 2.37. The highest BCUT2D eigenvalue weighted by Crippen LogP contribution is 2.27. The molecule has 10 heavy (non-hydrogen) atoms. The Hall–Kier alpha value is -0.290. The lowest BCUT2D eigenvalue weighted by atomic mass is 10.1. The first-order chi connectivity index (χ1) is 4.52. The van der Waals surface area contributed by atoms with Gasteiger partial charge in [-0.2, -0.15) is 13.2 Å². The molecule has 0 saturated heterocycles. The van der Waals surface area contributed by atoms with Crippen LogP contribution in [0, 0.1) is 5.92 Å². The van der Waals surface area contributed by atoms with Crippen LogP contribution >= 0.6 is 0 Å². The van der Waals surface area contributed by atoms with E-state index < -0.39 is 25.2 Å². The van der Waals surface area contributed by atoms with Crippen molar-refractivity contribution in [3.63, 3.8) is 0 Å². The van der Waals surface area contributed by atoms with Gasteiger partial charge in [0.1, 0.15) is 0 Å². The molecule has 0 amide bonds. The van der Waals surface area contributed by atoms with E-state index in [0.29, 0.717) is 0 Å². The molecule has 62 valence electrons. The quantitative estimate of drug-likeness (QED) is 0.626. The fourth-order valence-corrected chi connectivity index (χ4v) is 0.571. The lowest BCUT2D eigenvalue weighted by molar-refractivity contribution is -0.175. The summed E-state index contributed by atoms with van der Waals surface area (Å²) in [5, 5.41) is 8.18. The van der Waals surface area contributed by atoms with Crippen LogP contribution in [0.1, 0.15) is 6.42 Å². The second kappa shape index (κ2) is 3.78. The molecule has 0 rings (SSSR count). The van der Waals surface area contributed by atoms with E-state index in [0.717, 1.165) is 0 Å². The molecule has 0 unspecified atom stereocenters. The van der Waals surface area contributed by atoms with Crippen molar-refractivity contribution in [2.75, 3.05) is 13.2 Å². The van der Waals surface area contributed by atoms with Crippen molar-refractivity contribution in [3.05, 3.63) is 0 Å². The van der Waals surface area contributed by atoms with Crippen LogP contribution in [0.4, 0.5) is 13.2 Å². The first kappa shape index (κ1) is 9.71. The molecule has 0 radical (unpaired) electrons. The molecule has 0 aliphatic carbocycles. The largest absolute Gasteiger partial charge is 0.396 e. The van der Waals surface area contributed by atoms with Gasteiger partial charge in [-0.05, 0) is 6.42 Å². The number of aliphatic hydroxyl groups is 1. The molecule has 0 aliphatic heterocycles. The zero-order valence-electron chi connectivity index (χ0n) is 5.36. The molecule has 0 aromatic heterocycles. The number of halogens is 3. The summed E-state index contributed by atoms with van der Waals surface area (Å²) in [5.74, 6) is -1.56. The maximum Gasteiger partial charge on any atom is 0.393 e. The number of rotatable bonds is 3. The van der Waals surface area contributed by atoms with Gasteiger partial charge in [0, 0.05) is 13.2 Å². The van der Waals surface area contributed by atoms with Gasteiger partial charge in [0.25, 0.3) is 0 Å². The van der Waals surface area contributed by atoms with E-state index in [-0.39, 0.29) is 6.42 Å². The van der Waals surface area contributed by atoms with E-state index in [9.17, 15) is 13.2 Å². The van der Waals surface area contributed by atoms with Crippen molar-refractivity contribution in [2.24, 2.45) is 11.7 Å². The van der Waals surface area contributed by atoms with E-state index >= 15 is 0 Å². The Labute approximate surface area is 56.8 Å². The van der Waals surface area contributed by atoms with E-state index in [1.54, 1.807) is 0 Å². The molecule has 0 bridgehead atoms. The van der Waals surface area contributed by atoms with Crippen molar-refractivity contribution >= 4 is 0 Å². The second-order valence-electron chi connectivity index (χ2n) is 1.99. The molecule has 0 aromatic carbocycles. The fraction of sp³-hybridized carbons (Fsp3) is 1.00. The average molecular weight is 157 g/mol. The fourth-order valence-electron chi connectivity index (χ4n) is 0.571. The summed E-state index contributed by atoms with van der Waals surface area (Å²) in [7, 11) is 0. The van der Waals surface area contributed by atoms with Gasteiger partial charge in [0.05, 0.1) is 5.92 Å². The third-order valence-electron chi connectivity index (χ3n) is 1.22. The molecule has 0 spiro atoms. The summed E-state index contributed by atoms with van der Waals surface area (Å²) >= 11 is 0. The molecule has 2 nitrogen and oxygen atoms in total. The van der Waals surface area contributed by atoms with Crippen LogP contribution in [-0.4, -0.2) is 24.4 Å². The SMILES string of the molecule is NC[C@@H](CCO)C(F)(F)F. The van der Waals surface area contributed by atoms with Gasteiger partial charge >= 0.3 is 6.18 Å². The highest BCUT2D eigenvalue weighted by molar-refractivity contribution is 4.67. The molecule has 0 saturated carbocycles. The Bertz CT molecular complexity index is 93.4. The lowest BCUT2D eigenvalue weighted by Gasteiger charge is -2.16. The van der Waals surface area contributed by atoms with Gasteiger partial charge in [0.15, 0.2) is 0 Å². The van der Waals surface area contributed by atoms with Crippen molar-refractivity contribution < 1.29 is 18.3 Å². The molecule has 0 aromatic rings. The predicted octanol–water partition coefficient (Wildman–Crippen LogP) is 0.506. The first-order valence-electron chi connectivity index (χ1n) is 2.90. The highest BCUT2D eigenvalue weighted by atomic mass is 19.4. The predicted molar refractivity (Wildman–Crippen MR) is 30.3 cm³/mol. The van der Waals surface area contributed by atoms with Crippen LogP contribution in [0.3, 0.4) is 0 Å². The summed E-state index contributed by atoms with van der Waals surface area (Å²) in [6.07, 6.45) is -4.57. The van der Waals surface area contributed by atoms with Gasteiger partial charge in [-0.25, -0.2) is 0 Å². The Kier molecular flexibility index (Phi) is 3.67. The van der Waals surface area contributed by atoms with Crippen molar-refractivity contribution in [1.82, 2.24) is 0 Å². The first-order valence-corrected chi connectivity index (χ1v) is 2.90. The van der Waals surface area contributed by atoms with Gasteiger partial charge < -0.3 is 10.8 Å². The van der Waals surface area contributed by atoms with E-state index in [4.69, 9.17) is 10.8 Å². The molecular weight excluding hydrogens is 147 g/mol. The van der Waals surface area contributed by atoms with Gasteiger partial charge in [-0.3, -0.25) is 0 Å². The Morgan fingerprint density at radius 1 is 1.40 bits per heavy atom. The monoisotopic (exact) mass is 157 g/mol. The minimum Gasteiger partial charge on any atom is -0.396 e. The smallest absolute Gasteiger partial charge is 0.393 e. The molecule has 0 heterocycles. The number of aliphatic hydroxyl groups excluding tert-OH is 1. The molecule has 0 fully saturated rings. The van der Waals surface area contributed by atoms with Crippen LogP contribution < -0.4 is 5.73 Å². The summed E-state index contributed by atoms with van der Waals surface area (Å²) in [4.78, 5) is 0. The van der Waals surface area contributed by atoms with Crippen molar-refractivity contribution in [1.29, 1.82) is 0 Å². The van der Waals surface area contributed by atoms with Gasteiger partial charge in [-0.1, -0.05) is 0 Å². The maximum absolute atomic E-state index is 11.7. The molecule has 3 N–H and O–H groups in total. The molecule has 5 heteroatoms. The summed E-state index contributed by atoms with van der Waals surface area (Å²) in [6, 6.07) is 0. The van der Waals surface area contributed by atoms with E-state index in [2.05, 4.69) is 0 Å². The van der Waals surface area contributed by atoms with Gasteiger partial charge in [0.2, 0.25) is 0 Å². The standard InChI is InChI=1S/C5H10F3NO/c6-5(7,8)4(3-9)1-2-10/h4,10H,1-3,9H2/t4-/m1/s1. The van der Waals surface area contributed by atoms with Crippen LogP contribution in [0.25, 0.3) is 0 Å². The topological polar surface area (TPSA) is 46.2 Å². The Balaban J connectivity index is 3.81. The van der Waals surface area contributed by atoms with Crippen LogP contribution in [0.2, 0.25) is 0 Å². The average Bonchev–Trinajstić information content (AvgIpc) is 1.80. The van der Waals surface area contributed by atoms with Crippen molar-refractivity contribution in [2.45, 2.75) is 12.6 Å². The number of alkyl halides is 3. The zero-order valence-corrected chi connectivity index (χ0v) is 5.36. The van der Waals surface area contributed by atoms with E-state index in [1.165, 1.54) is 0 Å². The second-order valence-corrected chi connectivity index (χ2v) is 1.99. The third kappa shape index (κ3) is 3.03. The van der Waals surface area contributed by atoms with Crippen LogP contribution in [0.15, 0.2) is 0 Å². The molecule has 0 aliphatic rings. The Morgan fingerprint density at radius 3 is 2.00 bits per heavy atom. The zero-order chi connectivity index (χ0) is 8.20. The van der Waals surface area contributed by atoms with Crippen LogP contribution in [0.5, 0.6) is 0 Å². The number of hydrogen-bond acceptors (Lipinski definition) is 2. The summed E-state index contributed by atoms with van der Waals surface area (Å²) in [6.45, 7) is -0.925. The summed E-state index contributed by atoms with van der Waals surface area (Å²) in [5.41, 5.74) is 4.81. The number of nitrogens with two attached hydrogens (primary N) is 1. The van der Waals surface area contributed by atoms with Gasteiger partial charge in [-0.15, -0.1) is 0 Å². The molecule has 1 atom stereocenters. The lowest BCUT2D eigenvalue weighted by Crippen LogP contribution is -2.30. The maximum atomic E-state index is 11.7. The Morgan fingerprint density at radius 2 is 1.90 bits per heavy atom. The third-order valence-corrected chi connectivity index (χ3v) is 1.22. The number of hydrogen-bond donors (Lipinski definition) is 2. The van der Waals surface area contributed by atoms with E-state index in [1.807, 2.05) is 0 Å². The summed E-state index contributed by atoms with van der Waals surface area (Å²) < 4.78 is 35.1. The minimum absolute atomic E-state index is 0.306. The van der Waals surface area contributed by atoms with Crippen LogP contribution in [-0.2, 0) is 0 Å².